The van der Waals surface area contributed by atoms with Crippen LogP contribution in [0.5, 0.6) is 0 Å². The molecule has 0 amide bonds. The van der Waals surface area contributed by atoms with E-state index in [9.17, 15) is 0 Å². The number of nitrogens with zero attached hydrogens (tertiary/aromatic N) is 5. The first kappa shape index (κ1) is 19.6. The van der Waals surface area contributed by atoms with Crippen LogP contribution < -0.4 is 10.6 Å². The van der Waals surface area contributed by atoms with E-state index in [0.717, 1.165) is 56.5 Å². The number of piperidine rings is 1. The summed E-state index contributed by atoms with van der Waals surface area (Å²) in [7, 11) is 0. The lowest BCUT2D eigenvalue weighted by atomic mass is 10.0. The van der Waals surface area contributed by atoms with E-state index in [2.05, 4.69) is 50.9 Å². The zero-order chi connectivity index (χ0) is 19.1. The molecule has 0 bridgehead atoms. The van der Waals surface area contributed by atoms with Gasteiger partial charge in [-0.05, 0) is 52.2 Å². The van der Waals surface area contributed by atoms with Gasteiger partial charge in [-0.1, -0.05) is 6.07 Å². The van der Waals surface area contributed by atoms with E-state index in [4.69, 9.17) is 4.99 Å². The molecule has 7 nitrogen and oxygen atoms in total. The highest BCUT2D eigenvalue weighted by molar-refractivity contribution is 5.80. The average molecular weight is 372 g/mol. The summed E-state index contributed by atoms with van der Waals surface area (Å²) >= 11 is 0. The van der Waals surface area contributed by atoms with Gasteiger partial charge in [0, 0.05) is 50.9 Å². The predicted molar refractivity (Wildman–Crippen MR) is 110 cm³/mol. The van der Waals surface area contributed by atoms with Crippen molar-refractivity contribution in [2.75, 3.05) is 26.2 Å². The smallest absolute Gasteiger partial charge is 0.191 e. The van der Waals surface area contributed by atoms with Gasteiger partial charge in [-0.3, -0.25) is 9.39 Å². The molecule has 2 aromatic heterocycles. The second-order valence-corrected chi connectivity index (χ2v) is 7.46. The van der Waals surface area contributed by atoms with Gasteiger partial charge in [0.25, 0.3) is 0 Å². The number of hydrogen-bond acceptors (Lipinski definition) is 4. The predicted octanol–water partition coefficient (Wildman–Crippen LogP) is 2.09. The van der Waals surface area contributed by atoms with Crippen LogP contribution in [0.1, 0.15) is 45.9 Å². The Morgan fingerprint density at radius 3 is 2.81 bits per heavy atom. The maximum absolute atomic E-state index is 4.76. The van der Waals surface area contributed by atoms with Crippen molar-refractivity contribution < 1.29 is 0 Å². The molecule has 0 unspecified atom stereocenters. The van der Waals surface area contributed by atoms with Crippen LogP contribution in [0.3, 0.4) is 0 Å². The fourth-order valence-electron chi connectivity index (χ4n) is 3.56. The van der Waals surface area contributed by atoms with E-state index >= 15 is 0 Å². The average Bonchev–Trinajstić information content (AvgIpc) is 3.09. The third-order valence-electron chi connectivity index (χ3n) is 5.16. The maximum atomic E-state index is 4.76. The quantitative estimate of drug-likeness (QED) is 0.443. The lowest BCUT2D eigenvalue weighted by molar-refractivity contribution is 0.167. The lowest BCUT2D eigenvalue weighted by Gasteiger charge is -2.35. The first-order valence-electron chi connectivity index (χ1n) is 10.2. The van der Waals surface area contributed by atoms with Crippen LogP contribution >= 0.6 is 0 Å². The number of likely N-dealkylation sites (tertiary alicyclic amines) is 1. The van der Waals surface area contributed by atoms with Crippen molar-refractivity contribution >= 4 is 11.6 Å². The van der Waals surface area contributed by atoms with Gasteiger partial charge in [0.05, 0.1) is 0 Å². The molecule has 1 aliphatic rings. The monoisotopic (exact) mass is 371 g/mol. The zero-order valence-corrected chi connectivity index (χ0v) is 16.9. The number of nitrogens with one attached hydrogen (secondary N) is 2. The Kier molecular flexibility index (Phi) is 7.04. The minimum absolute atomic E-state index is 0.512. The summed E-state index contributed by atoms with van der Waals surface area (Å²) in [6, 6.07) is 7.12. The number of pyridine rings is 1. The summed E-state index contributed by atoms with van der Waals surface area (Å²) < 4.78 is 2.05. The summed E-state index contributed by atoms with van der Waals surface area (Å²) in [4.78, 5) is 7.31. The number of hydrogen-bond donors (Lipinski definition) is 2. The molecule has 2 aromatic rings. The highest BCUT2D eigenvalue weighted by Crippen LogP contribution is 2.12. The first-order valence-corrected chi connectivity index (χ1v) is 10.2. The molecular weight excluding hydrogens is 338 g/mol. The zero-order valence-electron chi connectivity index (χ0n) is 16.9. The number of guanidine groups is 1. The minimum atomic E-state index is 0.512. The van der Waals surface area contributed by atoms with E-state index in [1.165, 1.54) is 12.8 Å². The molecule has 3 heterocycles. The topological polar surface area (TPSA) is 69.8 Å². The number of aliphatic imine (C=N–C) groups is 1. The molecule has 1 fully saturated rings. The third-order valence-corrected chi connectivity index (χ3v) is 5.16. The summed E-state index contributed by atoms with van der Waals surface area (Å²) in [5.74, 6) is 1.94. The van der Waals surface area contributed by atoms with Crippen LogP contribution in [0.2, 0.25) is 0 Å². The summed E-state index contributed by atoms with van der Waals surface area (Å²) in [5, 5.41) is 15.5. The SMILES string of the molecule is CCNC(=NCCCc1nnc2ccccn12)NC1CCN(C(C)C)CC1. The van der Waals surface area contributed by atoms with Crippen LogP contribution in [-0.2, 0) is 6.42 Å². The highest BCUT2D eigenvalue weighted by atomic mass is 15.2. The molecule has 0 saturated carbocycles. The Morgan fingerprint density at radius 2 is 2.07 bits per heavy atom. The Hall–Kier alpha value is -2.15. The van der Waals surface area contributed by atoms with E-state index in [-0.39, 0.29) is 0 Å². The molecular formula is C20H33N7. The van der Waals surface area contributed by atoms with Crippen LogP contribution in [0.4, 0.5) is 0 Å². The minimum Gasteiger partial charge on any atom is -0.357 e. The van der Waals surface area contributed by atoms with E-state index < -0.39 is 0 Å². The number of fused-ring (bicyclic) bond motifs is 1. The molecule has 0 aliphatic carbocycles. The summed E-state index contributed by atoms with van der Waals surface area (Å²) in [6.07, 6.45) is 6.20. The molecule has 1 saturated heterocycles. The Bertz CT molecular complexity index is 729. The number of rotatable bonds is 7. The molecule has 27 heavy (non-hydrogen) atoms. The van der Waals surface area contributed by atoms with Gasteiger partial charge in [-0.15, -0.1) is 10.2 Å². The van der Waals surface area contributed by atoms with Crippen LogP contribution in [0.15, 0.2) is 29.4 Å². The third kappa shape index (κ3) is 5.42. The van der Waals surface area contributed by atoms with Gasteiger partial charge in [0.1, 0.15) is 5.82 Å². The maximum Gasteiger partial charge on any atom is 0.191 e. The summed E-state index contributed by atoms with van der Waals surface area (Å²) in [6.45, 7) is 10.6. The second kappa shape index (κ2) is 9.69. The molecule has 7 heteroatoms. The van der Waals surface area contributed by atoms with Crippen molar-refractivity contribution in [1.29, 1.82) is 0 Å². The van der Waals surface area contributed by atoms with Crippen molar-refractivity contribution in [1.82, 2.24) is 30.1 Å². The molecule has 2 N–H and O–H groups in total. The lowest BCUT2D eigenvalue weighted by Crippen LogP contribution is -2.49. The molecule has 0 radical (unpaired) electrons. The van der Waals surface area contributed by atoms with Crippen LogP contribution in [0, 0.1) is 0 Å². The van der Waals surface area contributed by atoms with Gasteiger partial charge in [0.15, 0.2) is 11.6 Å². The molecule has 1 aliphatic heterocycles. The first-order chi connectivity index (χ1) is 13.2. The number of aromatic nitrogens is 3. The largest absolute Gasteiger partial charge is 0.357 e. The van der Waals surface area contributed by atoms with Gasteiger partial charge in [0.2, 0.25) is 0 Å². The van der Waals surface area contributed by atoms with Crippen LogP contribution in [-0.4, -0.2) is 63.7 Å². The standard InChI is InChI=1S/C20H33N7/c1-4-21-20(23-17-10-14-26(15-11-17)16(2)3)22-12-7-9-19-25-24-18-8-5-6-13-27(18)19/h5-6,8,13,16-17H,4,7,9-12,14-15H2,1-3H3,(H2,21,22,23). The molecule has 0 atom stereocenters. The van der Waals surface area contributed by atoms with Crippen molar-refractivity contribution in [3.05, 3.63) is 30.2 Å². The van der Waals surface area contributed by atoms with Crippen molar-refractivity contribution in [2.24, 2.45) is 4.99 Å². The van der Waals surface area contributed by atoms with Gasteiger partial charge < -0.3 is 15.5 Å². The fourth-order valence-corrected chi connectivity index (χ4v) is 3.56. The summed E-state index contributed by atoms with van der Waals surface area (Å²) in [5.41, 5.74) is 0.902. The Labute approximate surface area is 162 Å². The van der Waals surface area contributed by atoms with E-state index in [1.807, 2.05) is 24.4 Å². The van der Waals surface area contributed by atoms with E-state index in [1.54, 1.807) is 0 Å². The molecule has 0 aromatic carbocycles. The van der Waals surface area contributed by atoms with Gasteiger partial charge in [-0.25, -0.2) is 0 Å². The van der Waals surface area contributed by atoms with Crippen molar-refractivity contribution in [2.45, 2.75) is 58.5 Å². The molecule has 148 valence electrons. The Morgan fingerprint density at radius 1 is 1.26 bits per heavy atom. The highest BCUT2D eigenvalue weighted by Gasteiger charge is 2.21. The van der Waals surface area contributed by atoms with Crippen molar-refractivity contribution in [3.63, 3.8) is 0 Å². The van der Waals surface area contributed by atoms with Gasteiger partial charge in [-0.2, -0.15) is 0 Å². The molecule has 0 spiro atoms. The number of aryl methyl sites for hydroxylation is 1. The van der Waals surface area contributed by atoms with E-state index in [0.29, 0.717) is 12.1 Å². The second-order valence-electron chi connectivity index (χ2n) is 7.46. The van der Waals surface area contributed by atoms with Crippen molar-refractivity contribution in [3.8, 4) is 0 Å². The molecule has 3 rings (SSSR count). The Balaban J connectivity index is 1.47. The van der Waals surface area contributed by atoms with Crippen LogP contribution in [0.25, 0.3) is 5.65 Å². The normalized spacial score (nSPS) is 17.0. The fraction of sp³-hybridized carbons (Fsp3) is 0.650. The van der Waals surface area contributed by atoms with Gasteiger partial charge >= 0.3 is 0 Å².